The summed E-state index contributed by atoms with van der Waals surface area (Å²) >= 11 is 3.29. The summed E-state index contributed by atoms with van der Waals surface area (Å²) in [5, 5.41) is 3.83. The zero-order valence-electron chi connectivity index (χ0n) is 16.2. The molecule has 0 unspecified atom stereocenters. The summed E-state index contributed by atoms with van der Waals surface area (Å²) in [6.45, 7) is 4.17. The summed E-state index contributed by atoms with van der Waals surface area (Å²) in [6, 6.07) is 6.63. The van der Waals surface area contributed by atoms with Crippen LogP contribution in [0.1, 0.15) is 23.5 Å². The number of hydrogen-bond acceptors (Lipinski definition) is 7. The van der Waals surface area contributed by atoms with Gasteiger partial charge in [0.25, 0.3) is 5.91 Å². The van der Waals surface area contributed by atoms with Crippen molar-refractivity contribution >= 4 is 61.3 Å². The number of aromatic nitrogens is 1. The Kier molecular flexibility index (Phi) is 6.21. The van der Waals surface area contributed by atoms with Crippen molar-refractivity contribution in [1.29, 1.82) is 0 Å². The predicted molar refractivity (Wildman–Crippen MR) is 120 cm³/mol. The van der Waals surface area contributed by atoms with Crippen molar-refractivity contribution < 1.29 is 23.5 Å². The van der Waals surface area contributed by atoms with Gasteiger partial charge < -0.3 is 14.8 Å². The number of nitrogens with zero attached hydrogens (tertiary/aromatic N) is 1. The van der Waals surface area contributed by atoms with E-state index in [1.165, 1.54) is 17.4 Å². The second-order valence-corrected chi connectivity index (χ2v) is 9.42. The van der Waals surface area contributed by atoms with Crippen LogP contribution in [0.25, 0.3) is 10.1 Å². The van der Waals surface area contributed by atoms with Crippen molar-refractivity contribution in [3.05, 3.63) is 50.9 Å². The second kappa shape index (κ2) is 8.71. The van der Waals surface area contributed by atoms with E-state index in [2.05, 4.69) is 15.8 Å². The number of anilines is 2. The topological polar surface area (TPSA) is 81.7 Å². The molecule has 158 valence electrons. The van der Waals surface area contributed by atoms with E-state index in [4.69, 9.17) is 14.3 Å². The van der Waals surface area contributed by atoms with Crippen LogP contribution in [-0.2, 0) is 14.3 Å². The van der Waals surface area contributed by atoms with Crippen LogP contribution in [-0.4, -0.2) is 36.0 Å². The van der Waals surface area contributed by atoms with E-state index in [1.54, 1.807) is 30.6 Å². The number of hydrogen-bond donors (Lipinski definition) is 2. The van der Waals surface area contributed by atoms with Gasteiger partial charge in [0.2, 0.25) is 0 Å². The van der Waals surface area contributed by atoms with Gasteiger partial charge in [-0.15, -0.1) is 11.3 Å². The third-order valence-electron chi connectivity index (χ3n) is 4.39. The fraction of sp³-hybridized carbons (Fsp3) is 0.300. The van der Waals surface area contributed by atoms with Crippen molar-refractivity contribution in [3.63, 3.8) is 0 Å². The van der Waals surface area contributed by atoms with Gasteiger partial charge in [-0.25, -0.2) is 9.87 Å². The highest BCUT2D eigenvalue weighted by atomic mass is 127. The maximum atomic E-state index is 14.4. The first kappa shape index (κ1) is 21.4. The van der Waals surface area contributed by atoms with Gasteiger partial charge in [0, 0.05) is 21.4 Å². The molecule has 10 heteroatoms. The number of ether oxygens (including phenoxy) is 2. The molecule has 30 heavy (non-hydrogen) atoms. The van der Waals surface area contributed by atoms with Gasteiger partial charge in [-0.2, -0.15) is 0 Å². The van der Waals surface area contributed by atoms with Crippen LogP contribution in [0.2, 0.25) is 0 Å². The Morgan fingerprint density at radius 1 is 1.43 bits per heavy atom. The van der Waals surface area contributed by atoms with E-state index in [1.807, 2.05) is 36.4 Å². The molecule has 0 radical (unpaired) electrons. The van der Waals surface area contributed by atoms with Gasteiger partial charge in [0.1, 0.15) is 23.4 Å². The van der Waals surface area contributed by atoms with E-state index >= 15 is 0 Å². The van der Waals surface area contributed by atoms with Crippen LogP contribution in [0.5, 0.6) is 0 Å². The van der Waals surface area contributed by atoms with Gasteiger partial charge in [0.05, 0.1) is 22.7 Å². The number of halogens is 2. The van der Waals surface area contributed by atoms with E-state index in [9.17, 15) is 9.18 Å². The average molecular weight is 543 g/mol. The van der Waals surface area contributed by atoms with Crippen molar-refractivity contribution in [2.75, 3.05) is 18.5 Å². The first-order valence-electron chi connectivity index (χ1n) is 9.15. The molecule has 0 aliphatic carbocycles. The second-order valence-electron chi connectivity index (χ2n) is 7.12. The summed E-state index contributed by atoms with van der Waals surface area (Å²) in [7, 11) is 0. The third kappa shape index (κ3) is 4.72. The number of carbonyl (C=O) groups excluding carboxylic acids is 1. The van der Waals surface area contributed by atoms with E-state index in [0.29, 0.717) is 17.2 Å². The van der Waals surface area contributed by atoms with Gasteiger partial charge >= 0.3 is 0 Å². The number of amides is 1. The quantitative estimate of drug-likeness (QED) is 0.350. The lowest BCUT2D eigenvalue weighted by Crippen LogP contribution is -2.30. The normalized spacial score (nSPS) is 17.9. The van der Waals surface area contributed by atoms with Crippen molar-refractivity contribution in [2.24, 2.45) is 0 Å². The maximum Gasteiger partial charge on any atom is 0.287 e. The van der Waals surface area contributed by atoms with Gasteiger partial charge in [-0.3, -0.25) is 14.6 Å². The largest absolute Gasteiger partial charge is 0.351 e. The van der Waals surface area contributed by atoms with Crippen LogP contribution in [0.3, 0.4) is 0 Å². The summed E-state index contributed by atoms with van der Waals surface area (Å²) in [6.07, 6.45) is 3.02. The molecule has 4 rings (SSSR count). The molecule has 0 bridgehead atoms. The molecule has 1 atom stereocenters. The first-order chi connectivity index (χ1) is 14.3. The number of hydroxylamine groups is 1. The van der Waals surface area contributed by atoms with E-state index < -0.39 is 17.5 Å². The van der Waals surface area contributed by atoms with Crippen molar-refractivity contribution in [2.45, 2.75) is 25.7 Å². The van der Waals surface area contributed by atoms with Crippen LogP contribution < -0.4 is 10.8 Å². The first-order valence-corrected chi connectivity index (χ1v) is 11.0. The fourth-order valence-corrected chi connectivity index (χ4v) is 4.52. The molecular weight excluding hydrogens is 524 g/mol. The number of nitrogens with one attached hydrogen (secondary N) is 2. The summed E-state index contributed by atoms with van der Waals surface area (Å²) in [4.78, 5) is 22.6. The van der Waals surface area contributed by atoms with E-state index in [0.717, 1.165) is 13.7 Å². The molecule has 2 N–H and O–H groups in total. The maximum absolute atomic E-state index is 14.4. The highest BCUT2D eigenvalue weighted by molar-refractivity contribution is 14.1. The Hall–Kier alpha value is -1.86. The predicted octanol–water partition coefficient (Wildman–Crippen LogP) is 4.60. The lowest BCUT2D eigenvalue weighted by Gasteiger charge is -2.17. The van der Waals surface area contributed by atoms with Crippen molar-refractivity contribution in [1.82, 2.24) is 10.5 Å². The zero-order valence-corrected chi connectivity index (χ0v) is 19.2. The Bertz CT molecular complexity index is 1090. The highest BCUT2D eigenvalue weighted by Crippen LogP contribution is 2.37. The van der Waals surface area contributed by atoms with Crippen LogP contribution in [0.15, 0.2) is 36.7 Å². The molecule has 0 spiro atoms. The Morgan fingerprint density at radius 2 is 2.27 bits per heavy atom. The van der Waals surface area contributed by atoms with Gasteiger partial charge in [0.15, 0.2) is 5.79 Å². The zero-order chi connectivity index (χ0) is 21.3. The molecule has 0 saturated carbocycles. The number of pyridine rings is 1. The SMILES string of the molecule is CC1(C)OC[C@H](CONC(=O)c2sc3cnccc3c2Nc2ccc(I)cc2F)O1. The molecule has 3 heterocycles. The Labute approximate surface area is 190 Å². The fourth-order valence-electron chi connectivity index (χ4n) is 3.05. The standard InChI is InChI=1S/C20H19FIN3O4S/c1-20(2)27-9-12(29-20)10-28-25-19(26)18-17(13-5-6-23-8-16(13)30-18)24-15-4-3-11(22)7-14(15)21/h3-8,12,24H,9-10H2,1-2H3,(H,25,26)/t12-/m1/s1. The summed E-state index contributed by atoms with van der Waals surface area (Å²) in [5.41, 5.74) is 3.22. The Morgan fingerprint density at radius 3 is 3.00 bits per heavy atom. The molecule has 1 saturated heterocycles. The number of thiophene rings is 1. The van der Waals surface area contributed by atoms with Crippen LogP contribution in [0, 0.1) is 9.39 Å². The van der Waals surface area contributed by atoms with Crippen LogP contribution in [0.4, 0.5) is 15.8 Å². The lowest BCUT2D eigenvalue weighted by molar-refractivity contribution is -0.147. The Balaban J connectivity index is 1.53. The average Bonchev–Trinajstić information content (AvgIpc) is 3.24. The number of rotatable bonds is 6. The minimum absolute atomic E-state index is 0.149. The monoisotopic (exact) mass is 543 g/mol. The molecule has 7 nitrogen and oxygen atoms in total. The third-order valence-corrected chi connectivity index (χ3v) is 6.20. The molecule has 2 aromatic heterocycles. The number of fused-ring (bicyclic) bond motifs is 1. The summed E-state index contributed by atoms with van der Waals surface area (Å²) in [5.74, 6) is -1.51. The lowest BCUT2D eigenvalue weighted by atomic mass is 10.2. The minimum Gasteiger partial charge on any atom is -0.351 e. The molecule has 1 aromatic carbocycles. The number of carbonyl (C=O) groups is 1. The number of benzene rings is 1. The minimum atomic E-state index is -0.662. The van der Waals surface area contributed by atoms with E-state index in [-0.39, 0.29) is 18.4 Å². The molecule has 1 aliphatic rings. The van der Waals surface area contributed by atoms with Crippen LogP contribution >= 0.6 is 33.9 Å². The highest BCUT2D eigenvalue weighted by Gasteiger charge is 2.33. The van der Waals surface area contributed by atoms with Gasteiger partial charge in [-0.1, -0.05) is 0 Å². The molecule has 1 fully saturated rings. The molecule has 3 aromatic rings. The molecule has 1 amide bonds. The molecule has 1 aliphatic heterocycles. The smallest absolute Gasteiger partial charge is 0.287 e. The van der Waals surface area contributed by atoms with Gasteiger partial charge in [-0.05, 0) is 60.7 Å². The van der Waals surface area contributed by atoms with Crippen molar-refractivity contribution in [3.8, 4) is 0 Å². The molecular formula is C20H19FIN3O4S. The summed E-state index contributed by atoms with van der Waals surface area (Å²) < 4.78 is 27.1.